The van der Waals surface area contributed by atoms with Gasteiger partial charge in [0.15, 0.2) is 5.78 Å². The summed E-state index contributed by atoms with van der Waals surface area (Å²) in [7, 11) is 1.54. The number of benzene rings is 3. The van der Waals surface area contributed by atoms with Gasteiger partial charge in [-0.15, -0.1) is 0 Å². The van der Waals surface area contributed by atoms with E-state index in [9.17, 15) is 24.7 Å². The molecule has 5 atom stereocenters. The molecule has 0 saturated carbocycles. The molecule has 3 aromatic rings. The molecule has 4 rings (SSSR count). The second-order valence-corrected chi connectivity index (χ2v) is 12.8. The molecule has 1 aliphatic rings. The minimum Gasteiger partial charge on any atom is -0.497 e. The number of rotatable bonds is 18. The lowest BCUT2D eigenvalue weighted by atomic mass is 9.93. The molecule has 1 fully saturated rings. The summed E-state index contributed by atoms with van der Waals surface area (Å²) in [6, 6.07) is 21.1. The first-order valence-corrected chi connectivity index (χ1v) is 16.4. The van der Waals surface area contributed by atoms with Crippen molar-refractivity contribution < 1.29 is 28.7 Å². The Balaban J connectivity index is 1.60. The molecule has 0 aliphatic carbocycles. The quantitative estimate of drug-likeness (QED) is 0.0790. The van der Waals surface area contributed by atoms with E-state index in [4.69, 9.17) is 9.47 Å². The van der Waals surface area contributed by atoms with E-state index in [1.54, 1.807) is 38.3 Å². The fourth-order valence-corrected chi connectivity index (χ4v) is 5.49. The summed E-state index contributed by atoms with van der Waals surface area (Å²) in [6.07, 6.45) is 0.724. The van der Waals surface area contributed by atoms with Crippen molar-refractivity contribution in [2.24, 2.45) is 11.0 Å². The van der Waals surface area contributed by atoms with Crippen LogP contribution in [0.2, 0.25) is 0 Å². The van der Waals surface area contributed by atoms with Gasteiger partial charge in [0.25, 0.3) is 0 Å². The Kier molecular flexibility index (Phi) is 12.9. The first-order chi connectivity index (χ1) is 23.5. The number of nitrogens with zero attached hydrogens (tertiary/aromatic N) is 3. The van der Waals surface area contributed by atoms with Crippen LogP contribution in [0.3, 0.4) is 0 Å². The van der Waals surface area contributed by atoms with Gasteiger partial charge in [0, 0.05) is 17.8 Å². The fraction of sp³-hybridized carbons (Fsp3) is 0.405. The molecule has 0 radical (unpaired) electrons. The number of carbonyl (C=O) groups excluding carboxylic acids is 4. The lowest BCUT2D eigenvalue weighted by molar-refractivity contribution is -0.134. The molecule has 49 heavy (non-hydrogen) atoms. The van der Waals surface area contributed by atoms with Crippen LogP contribution in [0.1, 0.15) is 43.9 Å². The number of carbonyl (C=O) groups is 4. The fourth-order valence-electron chi connectivity index (χ4n) is 5.49. The smallest absolute Gasteiger partial charge is 0.243 e. The van der Waals surface area contributed by atoms with E-state index in [-0.39, 0.29) is 37.6 Å². The van der Waals surface area contributed by atoms with Crippen LogP contribution in [-0.2, 0) is 43.2 Å². The van der Waals surface area contributed by atoms with Crippen molar-refractivity contribution in [1.29, 1.82) is 0 Å². The van der Waals surface area contributed by atoms with E-state index in [2.05, 4.69) is 26.0 Å². The maximum absolute atomic E-state index is 14.1. The van der Waals surface area contributed by atoms with E-state index in [1.165, 1.54) is 0 Å². The molecule has 0 aromatic heterocycles. The average molecular weight is 669 g/mol. The van der Waals surface area contributed by atoms with Crippen LogP contribution >= 0.6 is 0 Å². The Labute approximate surface area is 286 Å². The van der Waals surface area contributed by atoms with Gasteiger partial charge in [-0.05, 0) is 60.0 Å². The number of epoxide rings is 1. The molecule has 0 spiro atoms. The lowest BCUT2D eigenvalue weighted by Gasteiger charge is -2.27. The first kappa shape index (κ1) is 36.6. The molecule has 3 aromatic carbocycles. The minimum atomic E-state index is -1.15. The minimum absolute atomic E-state index is 0.0692. The van der Waals surface area contributed by atoms with Gasteiger partial charge < -0.3 is 25.4 Å². The summed E-state index contributed by atoms with van der Waals surface area (Å²) in [6.45, 7) is 5.90. The third-order valence-corrected chi connectivity index (χ3v) is 8.35. The van der Waals surface area contributed by atoms with Crippen LogP contribution in [0.25, 0.3) is 10.4 Å². The number of azide groups is 1. The number of amides is 3. The highest BCUT2D eigenvalue weighted by atomic mass is 16.6. The van der Waals surface area contributed by atoms with Crippen LogP contribution in [0.15, 0.2) is 90.0 Å². The van der Waals surface area contributed by atoms with Crippen LogP contribution in [0, 0.1) is 5.92 Å². The van der Waals surface area contributed by atoms with Gasteiger partial charge in [-0.2, -0.15) is 0 Å². The lowest BCUT2D eigenvalue weighted by Crippen LogP contribution is -2.58. The summed E-state index contributed by atoms with van der Waals surface area (Å²) in [5.41, 5.74) is 10.6. The summed E-state index contributed by atoms with van der Waals surface area (Å²) in [5, 5.41) is 12.2. The molecule has 3 N–H and O–H groups in total. The number of hydrogen-bond acceptors (Lipinski definition) is 7. The third-order valence-electron chi connectivity index (χ3n) is 8.35. The van der Waals surface area contributed by atoms with Crippen molar-refractivity contribution in [3.05, 3.63) is 112 Å². The molecule has 1 unspecified atom stereocenters. The highest BCUT2D eigenvalue weighted by molar-refractivity contribution is 5.98. The Bertz CT molecular complexity index is 1620. The number of hydrogen-bond donors (Lipinski definition) is 3. The average Bonchev–Trinajstić information content (AvgIpc) is 3.85. The summed E-state index contributed by atoms with van der Waals surface area (Å²) in [4.78, 5) is 57.8. The third kappa shape index (κ3) is 10.9. The SMILES string of the molecule is COc1ccc(C[C@H](NC(=O)C(Cc2ccccc2)N=[N+]=[N-])C(=O)N[C@@H](Cc2ccccc2)C(=O)N[C@@H](CC(C)C)C(=O)[C@@]2(C)CO2)cc1. The maximum atomic E-state index is 14.1. The first-order valence-electron chi connectivity index (χ1n) is 16.4. The predicted octanol–water partition coefficient (Wildman–Crippen LogP) is 4.26. The van der Waals surface area contributed by atoms with Crippen LogP contribution in [-0.4, -0.2) is 67.0 Å². The molecule has 1 aliphatic heterocycles. The summed E-state index contributed by atoms with van der Waals surface area (Å²) in [5.74, 6) is -1.29. The Hall–Kier alpha value is -5.19. The number of ketones is 1. The molecule has 12 heteroatoms. The van der Waals surface area contributed by atoms with Gasteiger partial charge in [0.2, 0.25) is 17.7 Å². The van der Waals surface area contributed by atoms with Gasteiger partial charge in [0.1, 0.15) is 29.5 Å². The van der Waals surface area contributed by atoms with E-state index >= 15 is 0 Å². The van der Waals surface area contributed by atoms with Crippen LogP contribution in [0.4, 0.5) is 0 Å². The number of methoxy groups -OCH3 is 1. The second-order valence-electron chi connectivity index (χ2n) is 12.8. The van der Waals surface area contributed by atoms with Gasteiger partial charge in [-0.1, -0.05) is 91.8 Å². The van der Waals surface area contributed by atoms with Crippen molar-refractivity contribution >= 4 is 23.5 Å². The van der Waals surface area contributed by atoms with Gasteiger partial charge in [0.05, 0.1) is 19.8 Å². The van der Waals surface area contributed by atoms with Crippen molar-refractivity contribution in [2.45, 2.75) is 76.2 Å². The summed E-state index contributed by atoms with van der Waals surface area (Å²) < 4.78 is 10.6. The molecule has 12 nitrogen and oxygen atoms in total. The monoisotopic (exact) mass is 668 g/mol. The van der Waals surface area contributed by atoms with Gasteiger partial charge in [-0.3, -0.25) is 19.2 Å². The predicted molar refractivity (Wildman–Crippen MR) is 185 cm³/mol. The zero-order valence-electron chi connectivity index (χ0n) is 28.3. The van der Waals surface area contributed by atoms with E-state index < -0.39 is 47.5 Å². The van der Waals surface area contributed by atoms with Gasteiger partial charge >= 0.3 is 0 Å². The molecule has 1 heterocycles. The van der Waals surface area contributed by atoms with Crippen LogP contribution in [0.5, 0.6) is 5.75 Å². The number of ether oxygens (including phenoxy) is 2. The zero-order chi connectivity index (χ0) is 35.4. The largest absolute Gasteiger partial charge is 0.497 e. The molecular formula is C37H44N6O6. The van der Waals surface area contributed by atoms with Crippen molar-refractivity contribution in [3.8, 4) is 5.75 Å². The van der Waals surface area contributed by atoms with Crippen LogP contribution < -0.4 is 20.7 Å². The molecule has 3 amide bonds. The highest BCUT2D eigenvalue weighted by Gasteiger charge is 2.50. The second kappa shape index (κ2) is 17.3. The summed E-state index contributed by atoms with van der Waals surface area (Å²) >= 11 is 0. The van der Waals surface area contributed by atoms with Crippen molar-refractivity contribution in [1.82, 2.24) is 16.0 Å². The Morgan fingerprint density at radius 1 is 0.776 bits per heavy atom. The topological polar surface area (TPSA) is 175 Å². The molecule has 0 bridgehead atoms. The normalized spacial score (nSPS) is 17.4. The molecule has 258 valence electrons. The molecule has 1 saturated heterocycles. The highest BCUT2D eigenvalue weighted by Crippen LogP contribution is 2.29. The zero-order valence-corrected chi connectivity index (χ0v) is 28.3. The number of nitrogens with one attached hydrogen (secondary N) is 3. The Morgan fingerprint density at radius 2 is 1.24 bits per heavy atom. The van der Waals surface area contributed by atoms with Crippen molar-refractivity contribution in [2.75, 3.05) is 13.7 Å². The van der Waals surface area contributed by atoms with E-state index in [0.29, 0.717) is 17.7 Å². The standard InChI is InChI=1S/C37H44N6O6/c1-24(2)19-29(33(44)37(3)23-49-37)39-34(45)30(20-25-11-7-5-8-12-25)40-35(46)31(21-27-15-17-28(48-4)18-16-27)41-36(47)32(42-43-38)22-26-13-9-6-10-14-26/h5-18,24,29-32H,19-23H2,1-4H3,(H,39,45)(H,40,46)(H,41,47)/t29-,30-,31-,32?,37+/m0/s1. The molecular weight excluding hydrogens is 624 g/mol. The van der Waals surface area contributed by atoms with Gasteiger partial charge in [-0.25, -0.2) is 0 Å². The number of Topliss-reactive ketones (excluding diaryl/α,β-unsaturated/α-hetero) is 1. The van der Waals surface area contributed by atoms with Crippen molar-refractivity contribution in [3.63, 3.8) is 0 Å². The van der Waals surface area contributed by atoms with E-state index in [0.717, 1.165) is 11.1 Å². The maximum Gasteiger partial charge on any atom is 0.243 e. The van der Waals surface area contributed by atoms with E-state index in [1.807, 2.05) is 74.5 Å². The Morgan fingerprint density at radius 3 is 1.71 bits per heavy atom.